The molecule has 0 spiro atoms. The van der Waals surface area contributed by atoms with Crippen LogP contribution >= 0.6 is 0 Å². The van der Waals surface area contributed by atoms with E-state index in [4.69, 9.17) is 10.5 Å². The normalized spacial score (nSPS) is 10.5. The second-order valence-electron chi connectivity index (χ2n) is 9.23. The van der Waals surface area contributed by atoms with Crippen LogP contribution in [-0.4, -0.2) is 19.1 Å². The third kappa shape index (κ3) is 33.8. The van der Waals surface area contributed by atoms with Gasteiger partial charge >= 0.3 is 5.97 Å². The molecule has 0 aliphatic rings. The molecule has 0 aromatic carbocycles. The Bertz CT molecular complexity index is 345. The van der Waals surface area contributed by atoms with E-state index in [-0.39, 0.29) is 5.97 Å². The number of hydrogen-bond acceptors (Lipinski definition) is 3. The van der Waals surface area contributed by atoms with Crippen molar-refractivity contribution in [3.63, 3.8) is 0 Å². The molecule has 0 amide bonds. The molecule has 192 valence electrons. The van der Waals surface area contributed by atoms with Crippen molar-refractivity contribution in [1.29, 1.82) is 0 Å². The highest BCUT2D eigenvalue weighted by atomic mass is 16.5. The molecule has 0 heterocycles. The Morgan fingerprint density at radius 2 is 0.906 bits per heavy atom. The van der Waals surface area contributed by atoms with Crippen LogP contribution in [0.5, 0.6) is 0 Å². The average molecular weight is 454 g/mol. The van der Waals surface area contributed by atoms with E-state index in [0.29, 0.717) is 6.61 Å². The first-order chi connectivity index (χ1) is 15.7. The molecule has 0 fully saturated rings. The van der Waals surface area contributed by atoms with Crippen LogP contribution in [0.1, 0.15) is 155 Å². The lowest BCUT2D eigenvalue weighted by molar-refractivity contribution is -0.137. The fourth-order valence-corrected chi connectivity index (χ4v) is 3.81. The number of ether oxygens (including phenoxy) is 1. The van der Waals surface area contributed by atoms with E-state index in [1.165, 1.54) is 141 Å². The Kier molecular flexibility index (Phi) is 33.7. The molecule has 0 radical (unpaired) electrons. The van der Waals surface area contributed by atoms with Crippen LogP contribution in [0.3, 0.4) is 0 Å². The summed E-state index contributed by atoms with van der Waals surface area (Å²) < 4.78 is 4.91. The Hall–Kier alpha value is -0.830. The van der Waals surface area contributed by atoms with E-state index in [9.17, 15) is 4.79 Å². The highest BCUT2D eigenvalue weighted by molar-refractivity contribution is 5.81. The van der Waals surface area contributed by atoms with Gasteiger partial charge in [-0.25, -0.2) is 4.79 Å². The predicted molar refractivity (Wildman–Crippen MR) is 143 cm³/mol. The fourth-order valence-electron chi connectivity index (χ4n) is 3.81. The van der Waals surface area contributed by atoms with E-state index in [0.717, 1.165) is 13.0 Å². The first-order valence-electron chi connectivity index (χ1n) is 14.2. The lowest BCUT2D eigenvalue weighted by atomic mass is 10.1. The summed E-state index contributed by atoms with van der Waals surface area (Å²) in [6.07, 6.45) is 31.1. The van der Waals surface area contributed by atoms with Crippen LogP contribution in [0.2, 0.25) is 0 Å². The van der Waals surface area contributed by atoms with Crippen molar-refractivity contribution in [1.82, 2.24) is 0 Å². The maximum atomic E-state index is 10.7. The first-order valence-corrected chi connectivity index (χ1v) is 14.2. The maximum absolute atomic E-state index is 10.7. The molecule has 32 heavy (non-hydrogen) atoms. The summed E-state index contributed by atoms with van der Waals surface area (Å²) in [4.78, 5) is 10.7. The van der Waals surface area contributed by atoms with Crippen LogP contribution in [0.15, 0.2) is 12.7 Å². The molecule has 0 saturated heterocycles. The van der Waals surface area contributed by atoms with E-state index < -0.39 is 0 Å². The van der Waals surface area contributed by atoms with Gasteiger partial charge in [0.05, 0.1) is 6.61 Å². The molecule has 0 saturated carbocycles. The van der Waals surface area contributed by atoms with Gasteiger partial charge in [-0.3, -0.25) is 0 Å². The van der Waals surface area contributed by atoms with E-state index in [1.807, 2.05) is 0 Å². The van der Waals surface area contributed by atoms with Crippen molar-refractivity contribution in [3.8, 4) is 0 Å². The topological polar surface area (TPSA) is 52.3 Å². The molecule has 0 aromatic heterocycles. The lowest BCUT2D eigenvalue weighted by Crippen LogP contribution is -2.01. The van der Waals surface area contributed by atoms with Gasteiger partial charge in [0.15, 0.2) is 0 Å². The third-order valence-corrected chi connectivity index (χ3v) is 5.97. The monoisotopic (exact) mass is 453 g/mol. The van der Waals surface area contributed by atoms with Gasteiger partial charge in [-0.2, -0.15) is 0 Å². The average Bonchev–Trinajstić information content (AvgIpc) is 2.81. The summed E-state index contributed by atoms with van der Waals surface area (Å²) in [5.41, 5.74) is 5.45. The van der Waals surface area contributed by atoms with Crippen LogP contribution < -0.4 is 5.73 Å². The molecule has 0 bridgehead atoms. The van der Waals surface area contributed by atoms with Crippen LogP contribution in [-0.2, 0) is 9.53 Å². The second kappa shape index (κ2) is 32.4. The summed E-state index contributed by atoms with van der Waals surface area (Å²) in [5.74, 6) is -0.305. The summed E-state index contributed by atoms with van der Waals surface area (Å²) in [5, 5.41) is 0. The standard InChI is InChI=1S/C15H28O2.C14H31N/c1-3-5-6-7-8-9-10-11-12-13-14-17-15(16)4-2;1-2-3-4-5-6-7-8-9-10-11-12-13-14-15/h4H,2-3,5-14H2,1H3;2-15H2,1H3. The van der Waals surface area contributed by atoms with E-state index in [1.54, 1.807) is 0 Å². The van der Waals surface area contributed by atoms with Crippen molar-refractivity contribution in [2.45, 2.75) is 155 Å². The zero-order chi connectivity index (χ0) is 24.0. The highest BCUT2D eigenvalue weighted by Gasteiger charge is 1.96. The van der Waals surface area contributed by atoms with Crippen molar-refractivity contribution >= 4 is 5.97 Å². The third-order valence-electron chi connectivity index (χ3n) is 5.97. The summed E-state index contributed by atoms with van der Waals surface area (Å²) >= 11 is 0. The minimum Gasteiger partial charge on any atom is -0.463 e. The van der Waals surface area contributed by atoms with Gasteiger partial charge in [0.2, 0.25) is 0 Å². The van der Waals surface area contributed by atoms with Crippen LogP contribution in [0, 0.1) is 0 Å². The minimum absolute atomic E-state index is 0.305. The molecule has 0 aliphatic heterocycles. The first kappa shape index (κ1) is 33.3. The summed E-state index contributed by atoms with van der Waals surface area (Å²) in [7, 11) is 0. The van der Waals surface area contributed by atoms with Crippen molar-refractivity contribution in [2.75, 3.05) is 13.2 Å². The quantitative estimate of drug-likeness (QED) is 0.0899. The fraction of sp³-hybridized carbons (Fsp3) is 0.897. The SMILES string of the molecule is C=CC(=O)OCCCCCCCCCCCC.CCCCCCCCCCCCCCN. The maximum Gasteiger partial charge on any atom is 0.330 e. The zero-order valence-corrected chi connectivity index (χ0v) is 22.1. The molecule has 0 aliphatic carbocycles. The summed E-state index contributed by atoms with van der Waals surface area (Å²) in [6, 6.07) is 0. The molecule has 0 aromatic rings. The van der Waals surface area contributed by atoms with E-state index >= 15 is 0 Å². The number of unbranched alkanes of at least 4 members (excludes halogenated alkanes) is 20. The van der Waals surface area contributed by atoms with Gasteiger partial charge < -0.3 is 10.5 Å². The zero-order valence-electron chi connectivity index (χ0n) is 22.1. The Morgan fingerprint density at radius 3 is 1.22 bits per heavy atom. The highest BCUT2D eigenvalue weighted by Crippen LogP contribution is 2.12. The van der Waals surface area contributed by atoms with Crippen molar-refractivity contribution in [2.24, 2.45) is 5.73 Å². The number of hydrogen-bond donors (Lipinski definition) is 1. The van der Waals surface area contributed by atoms with E-state index in [2.05, 4.69) is 20.4 Å². The smallest absolute Gasteiger partial charge is 0.330 e. The molecule has 3 heteroatoms. The number of carbonyl (C=O) groups excluding carboxylic acids is 1. The van der Waals surface area contributed by atoms with Gasteiger partial charge in [-0.05, 0) is 19.4 Å². The van der Waals surface area contributed by atoms with Crippen molar-refractivity contribution in [3.05, 3.63) is 12.7 Å². The van der Waals surface area contributed by atoms with Gasteiger partial charge in [0.1, 0.15) is 0 Å². The number of nitrogens with two attached hydrogens (primary N) is 1. The predicted octanol–water partition coefficient (Wildman–Crippen LogP) is 9.28. The number of carbonyl (C=O) groups is 1. The minimum atomic E-state index is -0.305. The molecular weight excluding hydrogens is 394 g/mol. The van der Waals surface area contributed by atoms with Gasteiger partial charge in [0.25, 0.3) is 0 Å². The van der Waals surface area contributed by atoms with Crippen LogP contribution in [0.25, 0.3) is 0 Å². The van der Waals surface area contributed by atoms with Gasteiger partial charge in [0, 0.05) is 6.08 Å². The van der Waals surface area contributed by atoms with Gasteiger partial charge in [-0.15, -0.1) is 0 Å². The molecule has 0 rings (SSSR count). The van der Waals surface area contributed by atoms with Crippen molar-refractivity contribution < 1.29 is 9.53 Å². The molecular formula is C29H59NO2. The summed E-state index contributed by atoms with van der Waals surface area (Å²) in [6.45, 7) is 9.30. The number of esters is 1. The molecule has 0 atom stereocenters. The number of rotatable bonds is 24. The Balaban J connectivity index is 0. The largest absolute Gasteiger partial charge is 0.463 e. The molecule has 0 unspecified atom stereocenters. The molecule has 3 nitrogen and oxygen atoms in total. The molecule has 2 N–H and O–H groups in total. The van der Waals surface area contributed by atoms with Crippen LogP contribution in [0.4, 0.5) is 0 Å². The second-order valence-corrected chi connectivity index (χ2v) is 9.23. The lowest BCUT2D eigenvalue weighted by Gasteiger charge is -2.03. The van der Waals surface area contributed by atoms with Gasteiger partial charge in [-0.1, -0.05) is 149 Å². The Morgan fingerprint density at radius 1 is 0.594 bits per heavy atom. The Labute approximate surface area is 202 Å².